The highest BCUT2D eigenvalue weighted by molar-refractivity contribution is 6.36. The van der Waals surface area contributed by atoms with Crippen molar-refractivity contribution in [3.63, 3.8) is 0 Å². The quantitative estimate of drug-likeness (QED) is 0.559. The molecule has 0 saturated carbocycles. The molecule has 1 amide bonds. The molecule has 2 aliphatic rings. The Morgan fingerprint density at radius 2 is 1.74 bits per heavy atom. The van der Waals surface area contributed by atoms with Crippen LogP contribution in [-0.4, -0.2) is 38.8 Å². The van der Waals surface area contributed by atoms with Gasteiger partial charge in [0.2, 0.25) is 0 Å². The molecule has 1 N–H and O–H groups in total. The fraction of sp³-hybridized carbons (Fsp3) is 0.524. The van der Waals surface area contributed by atoms with Gasteiger partial charge in [0.15, 0.2) is 11.7 Å². The van der Waals surface area contributed by atoms with Crippen LogP contribution in [0.5, 0.6) is 0 Å². The van der Waals surface area contributed by atoms with Gasteiger partial charge in [0, 0.05) is 23.5 Å². The van der Waals surface area contributed by atoms with Crippen LogP contribution in [0.3, 0.4) is 0 Å². The van der Waals surface area contributed by atoms with E-state index >= 15 is 0 Å². The van der Waals surface area contributed by atoms with Crippen molar-refractivity contribution in [1.82, 2.24) is 14.7 Å². The van der Waals surface area contributed by atoms with Crippen molar-refractivity contribution in [3.8, 4) is 0 Å². The molecule has 5 nitrogen and oxygen atoms in total. The summed E-state index contributed by atoms with van der Waals surface area (Å²) in [4.78, 5) is 14.9. The monoisotopic (exact) mass is 474 g/mol. The molecular weight excluding hydrogens is 452 g/mol. The van der Waals surface area contributed by atoms with Gasteiger partial charge < -0.3 is 10.2 Å². The lowest BCUT2D eigenvalue weighted by atomic mass is 9.96. The SMILES string of the molecule is C[C@@H]1CCC[C@@H](C)N1C(=O)c1nn2c(c1Cl)N[C@H](c1ccc(Cl)cc1)C[C@@H]2C(F)(F)F. The second-order valence-electron chi connectivity index (χ2n) is 8.34. The van der Waals surface area contributed by atoms with Crippen molar-refractivity contribution in [2.24, 2.45) is 0 Å². The van der Waals surface area contributed by atoms with E-state index in [1.54, 1.807) is 29.2 Å². The van der Waals surface area contributed by atoms with Crippen molar-refractivity contribution < 1.29 is 18.0 Å². The molecule has 2 aliphatic heterocycles. The number of benzene rings is 1. The molecule has 4 atom stereocenters. The molecule has 4 rings (SSSR count). The molecule has 0 bridgehead atoms. The van der Waals surface area contributed by atoms with Gasteiger partial charge in [-0.05, 0) is 50.8 Å². The third-order valence-electron chi connectivity index (χ3n) is 6.20. The molecule has 0 radical (unpaired) electrons. The molecule has 0 unspecified atom stereocenters. The fourth-order valence-corrected chi connectivity index (χ4v) is 4.97. The molecule has 1 saturated heterocycles. The number of piperidine rings is 1. The normalized spacial score (nSPS) is 26.4. The first-order valence-electron chi connectivity index (χ1n) is 10.3. The number of alkyl halides is 3. The average Bonchev–Trinajstić information content (AvgIpc) is 3.03. The first kappa shape index (κ1) is 22.3. The van der Waals surface area contributed by atoms with Crippen molar-refractivity contribution in [3.05, 3.63) is 45.6 Å². The van der Waals surface area contributed by atoms with Gasteiger partial charge in [0.25, 0.3) is 5.91 Å². The Morgan fingerprint density at radius 1 is 1.13 bits per heavy atom. The Hall–Kier alpha value is -1.93. The van der Waals surface area contributed by atoms with Gasteiger partial charge in [-0.25, -0.2) is 4.68 Å². The topological polar surface area (TPSA) is 50.2 Å². The van der Waals surface area contributed by atoms with Gasteiger partial charge in [-0.2, -0.15) is 18.3 Å². The van der Waals surface area contributed by atoms with Crippen LogP contribution in [0.4, 0.5) is 19.0 Å². The molecule has 10 heteroatoms. The molecule has 1 fully saturated rings. The van der Waals surface area contributed by atoms with Crippen molar-refractivity contribution in [1.29, 1.82) is 0 Å². The van der Waals surface area contributed by atoms with E-state index in [4.69, 9.17) is 23.2 Å². The van der Waals surface area contributed by atoms with Gasteiger partial charge >= 0.3 is 6.18 Å². The Balaban J connectivity index is 1.74. The number of hydrogen-bond donors (Lipinski definition) is 1. The molecule has 168 valence electrons. The molecule has 1 aromatic heterocycles. The number of amides is 1. The van der Waals surface area contributed by atoms with E-state index in [0.717, 1.165) is 23.9 Å². The number of fused-ring (bicyclic) bond motifs is 1. The van der Waals surface area contributed by atoms with Crippen LogP contribution in [0.25, 0.3) is 0 Å². The summed E-state index contributed by atoms with van der Waals surface area (Å²) in [6, 6.07) is 4.00. The maximum atomic E-state index is 13.9. The lowest BCUT2D eigenvalue weighted by Gasteiger charge is -2.38. The number of carbonyl (C=O) groups is 1. The van der Waals surface area contributed by atoms with E-state index in [0.29, 0.717) is 10.6 Å². The first-order chi connectivity index (χ1) is 14.6. The zero-order valence-electron chi connectivity index (χ0n) is 17.1. The smallest absolute Gasteiger partial charge is 0.362 e. The number of hydrogen-bond acceptors (Lipinski definition) is 3. The maximum Gasteiger partial charge on any atom is 0.410 e. The molecule has 3 heterocycles. The van der Waals surface area contributed by atoms with Gasteiger partial charge in [0.05, 0.1) is 6.04 Å². The fourth-order valence-electron chi connectivity index (χ4n) is 4.58. The standard InChI is InChI=1S/C21H23Cl2F3N4O/c1-11-4-3-5-12(2)29(11)20(31)18-17(23)19-27-15(13-6-8-14(22)9-7-13)10-16(21(24,25)26)30(19)28-18/h6-9,11-12,15-16,27H,3-5,10H2,1-2H3/t11-,12-,15+,16-/m1/s1. The minimum Gasteiger partial charge on any atom is -0.362 e. The van der Waals surface area contributed by atoms with Gasteiger partial charge in [0.1, 0.15) is 10.8 Å². The zero-order chi connectivity index (χ0) is 22.5. The number of carbonyl (C=O) groups excluding carboxylic acids is 1. The van der Waals surface area contributed by atoms with Gasteiger partial charge in [-0.15, -0.1) is 0 Å². The van der Waals surface area contributed by atoms with Crippen LogP contribution in [0.2, 0.25) is 10.0 Å². The summed E-state index contributed by atoms with van der Waals surface area (Å²) < 4.78 is 42.7. The number of likely N-dealkylation sites (tertiary alicyclic amines) is 1. The predicted molar refractivity (Wildman–Crippen MR) is 114 cm³/mol. The second kappa shape index (κ2) is 8.20. The number of nitrogens with one attached hydrogen (secondary N) is 1. The Labute approximate surface area is 188 Å². The summed E-state index contributed by atoms with van der Waals surface area (Å²) in [5, 5.41) is 7.55. The summed E-state index contributed by atoms with van der Waals surface area (Å²) in [6.45, 7) is 3.87. The van der Waals surface area contributed by atoms with E-state index in [1.165, 1.54) is 0 Å². The number of anilines is 1. The largest absolute Gasteiger partial charge is 0.410 e. The van der Waals surface area contributed by atoms with Crippen LogP contribution in [-0.2, 0) is 0 Å². The van der Waals surface area contributed by atoms with E-state index < -0.39 is 24.2 Å². The third-order valence-corrected chi connectivity index (χ3v) is 6.81. The van der Waals surface area contributed by atoms with Crippen LogP contribution in [0.1, 0.15) is 67.7 Å². The second-order valence-corrected chi connectivity index (χ2v) is 9.15. The Bertz CT molecular complexity index is 966. The Morgan fingerprint density at radius 3 is 2.32 bits per heavy atom. The minimum atomic E-state index is -4.55. The maximum absolute atomic E-state index is 13.9. The summed E-state index contributed by atoms with van der Waals surface area (Å²) in [5.41, 5.74) is 0.504. The molecule has 1 aromatic carbocycles. The summed E-state index contributed by atoms with van der Waals surface area (Å²) in [7, 11) is 0. The first-order valence-corrected chi connectivity index (χ1v) is 11.0. The van der Waals surface area contributed by atoms with Crippen LogP contribution < -0.4 is 5.32 Å². The molecule has 2 aromatic rings. The highest BCUT2D eigenvalue weighted by atomic mass is 35.5. The Kier molecular flexibility index (Phi) is 5.89. The average molecular weight is 475 g/mol. The summed E-state index contributed by atoms with van der Waals surface area (Å²) >= 11 is 12.4. The van der Waals surface area contributed by atoms with E-state index in [1.807, 2.05) is 13.8 Å². The molecule has 31 heavy (non-hydrogen) atoms. The minimum absolute atomic E-state index is 0.0101. The van der Waals surface area contributed by atoms with Gasteiger partial charge in [-0.3, -0.25) is 4.79 Å². The van der Waals surface area contributed by atoms with Crippen molar-refractivity contribution in [2.45, 2.75) is 69.9 Å². The van der Waals surface area contributed by atoms with E-state index in [-0.39, 0.29) is 35.0 Å². The van der Waals surface area contributed by atoms with Crippen molar-refractivity contribution in [2.75, 3.05) is 5.32 Å². The van der Waals surface area contributed by atoms with Crippen LogP contribution in [0.15, 0.2) is 24.3 Å². The number of halogens is 5. The highest BCUT2D eigenvalue weighted by Crippen LogP contribution is 2.46. The van der Waals surface area contributed by atoms with E-state index in [2.05, 4.69) is 10.4 Å². The molecule has 0 aliphatic carbocycles. The zero-order valence-corrected chi connectivity index (χ0v) is 18.6. The van der Waals surface area contributed by atoms with Crippen molar-refractivity contribution >= 4 is 34.9 Å². The highest BCUT2D eigenvalue weighted by Gasteiger charge is 2.48. The predicted octanol–water partition coefficient (Wildman–Crippen LogP) is 6.25. The summed E-state index contributed by atoms with van der Waals surface area (Å²) in [5.74, 6) is -0.423. The van der Waals surface area contributed by atoms with Crippen LogP contribution in [0, 0.1) is 0 Å². The molecular formula is C21H23Cl2F3N4O. The number of aromatic nitrogens is 2. The van der Waals surface area contributed by atoms with Crippen LogP contribution >= 0.6 is 23.2 Å². The number of rotatable bonds is 2. The van der Waals surface area contributed by atoms with E-state index in [9.17, 15) is 18.0 Å². The lowest BCUT2D eigenvalue weighted by molar-refractivity contribution is -0.173. The van der Waals surface area contributed by atoms with Gasteiger partial charge in [-0.1, -0.05) is 35.3 Å². The number of nitrogens with zero attached hydrogens (tertiary/aromatic N) is 3. The molecule has 0 spiro atoms. The lowest BCUT2D eigenvalue weighted by Crippen LogP contribution is -2.47. The third kappa shape index (κ3) is 4.12. The summed E-state index contributed by atoms with van der Waals surface area (Å²) in [6.07, 6.45) is -2.16.